The van der Waals surface area contributed by atoms with Crippen LogP contribution in [0.15, 0.2) is 17.0 Å². The van der Waals surface area contributed by atoms with E-state index in [9.17, 15) is 13.2 Å². The normalized spacial score (nSPS) is 17.2. The highest BCUT2D eigenvalue weighted by Gasteiger charge is 2.26. The maximum atomic E-state index is 12.6. The maximum Gasteiger partial charge on any atom is 0.241 e. The van der Waals surface area contributed by atoms with Crippen LogP contribution in [0.1, 0.15) is 29.5 Å². The molecular weight excluding hydrogens is 374 g/mol. The first-order chi connectivity index (χ1) is 11.7. The van der Waals surface area contributed by atoms with Crippen LogP contribution in [0, 0.1) is 26.7 Å². The molecule has 8 heteroatoms. The summed E-state index contributed by atoms with van der Waals surface area (Å²) in [5.74, 6) is 0.502. The molecule has 1 aromatic rings. The number of carbonyl (C=O) groups excluding carboxylic acids is 1. The maximum absolute atomic E-state index is 12.6. The minimum Gasteiger partial charge on any atom is -0.342 e. The van der Waals surface area contributed by atoms with Crippen molar-refractivity contribution in [1.29, 1.82) is 0 Å². The lowest BCUT2D eigenvalue weighted by molar-refractivity contribution is -0.130. The van der Waals surface area contributed by atoms with Crippen LogP contribution in [0.5, 0.6) is 0 Å². The number of halogens is 1. The van der Waals surface area contributed by atoms with Gasteiger partial charge in [0.05, 0.1) is 4.90 Å². The Morgan fingerprint density at radius 3 is 2.42 bits per heavy atom. The van der Waals surface area contributed by atoms with Crippen molar-refractivity contribution < 1.29 is 13.2 Å². The molecule has 1 atom stereocenters. The van der Waals surface area contributed by atoms with Crippen LogP contribution >= 0.6 is 12.4 Å². The fourth-order valence-corrected chi connectivity index (χ4v) is 5.11. The van der Waals surface area contributed by atoms with E-state index in [1.54, 1.807) is 13.8 Å². The third-order valence-corrected chi connectivity index (χ3v) is 6.40. The van der Waals surface area contributed by atoms with E-state index in [-0.39, 0.29) is 31.3 Å². The van der Waals surface area contributed by atoms with E-state index in [2.05, 4.69) is 10.0 Å². The van der Waals surface area contributed by atoms with Gasteiger partial charge < -0.3 is 10.2 Å². The fraction of sp³-hybridized carbons (Fsp3) is 0.611. The molecule has 0 aliphatic carbocycles. The fourth-order valence-electron chi connectivity index (χ4n) is 3.63. The quantitative estimate of drug-likeness (QED) is 0.727. The van der Waals surface area contributed by atoms with Crippen molar-refractivity contribution in [2.24, 2.45) is 5.92 Å². The number of sulfonamides is 1. The van der Waals surface area contributed by atoms with Gasteiger partial charge in [0.15, 0.2) is 0 Å². The van der Waals surface area contributed by atoms with Gasteiger partial charge in [0, 0.05) is 26.1 Å². The molecule has 1 heterocycles. The van der Waals surface area contributed by atoms with Crippen LogP contribution in [0.25, 0.3) is 0 Å². The SMILES string of the molecule is CNCC1CCN(C(=O)CCNS(=O)(=O)c2c(C)cc(C)cc2C)C1.Cl. The first kappa shape index (κ1) is 22.9. The number of nitrogens with one attached hydrogen (secondary N) is 2. The summed E-state index contributed by atoms with van der Waals surface area (Å²) in [6.07, 6.45) is 1.19. The second-order valence-electron chi connectivity index (χ2n) is 6.93. The van der Waals surface area contributed by atoms with Gasteiger partial charge >= 0.3 is 0 Å². The van der Waals surface area contributed by atoms with Gasteiger partial charge in [0.25, 0.3) is 0 Å². The topological polar surface area (TPSA) is 78.5 Å². The third-order valence-electron chi connectivity index (χ3n) is 4.64. The Morgan fingerprint density at radius 1 is 1.23 bits per heavy atom. The van der Waals surface area contributed by atoms with Crippen molar-refractivity contribution in [3.05, 3.63) is 28.8 Å². The molecule has 1 aliphatic heterocycles. The Labute approximate surface area is 163 Å². The summed E-state index contributed by atoms with van der Waals surface area (Å²) < 4.78 is 27.7. The molecule has 1 unspecified atom stereocenters. The molecule has 1 aliphatic rings. The minimum atomic E-state index is -3.61. The molecule has 0 saturated carbocycles. The van der Waals surface area contributed by atoms with Gasteiger partial charge in [0.2, 0.25) is 15.9 Å². The number of carbonyl (C=O) groups is 1. The lowest BCUT2D eigenvalue weighted by Gasteiger charge is -2.17. The molecule has 1 saturated heterocycles. The van der Waals surface area contributed by atoms with Gasteiger partial charge in [-0.2, -0.15) is 0 Å². The standard InChI is InChI=1S/C18H29N3O3S.ClH/c1-13-9-14(2)18(15(3)10-13)25(23,24)20-7-5-17(22)21-8-6-16(12-21)11-19-4;/h9-10,16,19-20H,5-8,11-12H2,1-4H3;1H. The van der Waals surface area contributed by atoms with E-state index in [1.807, 2.05) is 31.0 Å². The summed E-state index contributed by atoms with van der Waals surface area (Å²) >= 11 is 0. The number of aryl methyl sites for hydroxylation is 3. The molecule has 0 spiro atoms. The molecule has 0 aromatic heterocycles. The Bertz CT molecular complexity index is 714. The van der Waals surface area contributed by atoms with Crippen LogP contribution in [0.2, 0.25) is 0 Å². The first-order valence-corrected chi connectivity index (χ1v) is 10.2. The first-order valence-electron chi connectivity index (χ1n) is 8.74. The highest BCUT2D eigenvalue weighted by molar-refractivity contribution is 7.89. The molecule has 26 heavy (non-hydrogen) atoms. The lowest BCUT2D eigenvalue weighted by atomic mass is 10.1. The Kier molecular flexibility index (Phi) is 8.53. The largest absolute Gasteiger partial charge is 0.342 e. The highest BCUT2D eigenvalue weighted by atomic mass is 35.5. The van der Waals surface area contributed by atoms with Gasteiger partial charge in [-0.05, 0) is 57.8 Å². The van der Waals surface area contributed by atoms with Crippen LogP contribution in [0.4, 0.5) is 0 Å². The molecule has 1 aromatic carbocycles. The van der Waals surface area contributed by atoms with Crippen LogP contribution < -0.4 is 10.0 Å². The van der Waals surface area contributed by atoms with E-state index < -0.39 is 10.0 Å². The van der Waals surface area contributed by atoms with Crippen molar-refractivity contribution in [3.8, 4) is 0 Å². The molecule has 2 N–H and O–H groups in total. The second kappa shape index (κ2) is 9.69. The van der Waals surface area contributed by atoms with Gasteiger partial charge in [-0.25, -0.2) is 13.1 Å². The average molecular weight is 404 g/mol. The summed E-state index contributed by atoms with van der Waals surface area (Å²) in [4.78, 5) is 14.4. The molecule has 0 radical (unpaired) electrons. The van der Waals surface area contributed by atoms with Gasteiger partial charge in [-0.1, -0.05) is 17.7 Å². The van der Waals surface area contributed by atoms with Crippen molar-refractivity contribution >= 4 is 28.3 Å². The van der Waals surface area contributed by atoms with Gasteiger partial charge in [-0.3, -0.25) is 4.79 Å². The zero-order valence-electron chi connectivity index (χ0n) is 16.0. The molecule has 1 fully saturated rings. The van der Waals surface area contributed by atoms with E-state index in [4.69, 9.17) is 0 Å². The number of benzene rings is 1. The Morgan fingerprint density at radius 2 is 1.85 bits per heavy atom. The summed E-state index contributed by atoms with van der Waals surface area (Å²) in [6.45, 7) is 8.08. The summed E-state index contributed by atoms with van der Waals surface area (Å²) in [7, 11) is -1.70. The van der Waals surface area contributed by atoms with Crippen LogP contribution in [-0.2, 0) is 14.8 Å². The predicted molar refractivity (Wildman–Crippen MR) is 106 cm³/mol. The number of rotatable bonds is 7. The molecule has 1 amide bonds. The van der Waals surface area contributed by atoms with E-state index >= 15 is 0 Å². The highest BCUT2D eigenvalue weighted by Crippen LogP contribution is 2.21. The van der Waals surface area contributed by atoms with E-state index in [1.165, 1.54) is 0 Å². The zero-order valence-corrected chi connectivity index (χ0v) is 17.6. The van der Waals surface area contributed by atoms with E-state index in [0.29, 0.717) is 10.8 Å². The minimum absolute atomic E-state index is 0. The number of nitrogens with zero attached hydrogens (tertiary/aromatic N) is 1. The third kappa shape index (κ3) is 5.67. The molecule has 148 valence electrons. The smallest absolute Gasteiger partial charge is 0.241 e. The average Bonchev–Trinajstić information content (AvgIpc) is 2.94. The second-order valence-corrected chi connectivity index (χ2v) is 8.63. The number of hydrogen-bond acceptors (Lipinski definition) is 4. The monoisotopic (exact) mass is 403 g/mol. The van der Waals surface area contributed by atoms with Gasteiger partial charge in [0.1, 0.15) is 0 Å². The van der Waals surface area contributed by atoms with Crippen LogP contribution in [-0.4, -0.2) is 52.5 Å². The number of likely N-dealkylation sites (tertiary alicyclic amines) is 1. The Hall–Kier alpha value is -1.15. The van der Waals surface area contributed by atoms with Crippen molar-refractivity contribution in [1.82, 2.24) is 14.9 Å². The molecular formula is C18H30ClN3O3S. The Balaban J connectivity index is 0.00000338. The van der Waals surface area contributed by atoms with Crippen molar-refractivity contribution in [3.63, 3.8) is 0 Å². The number of amides is 1. The summed E-state index contributed by atoms with van der Waals surface area (Å²) in [5, 5.41) is 3.14. The van der Waals surface area contributed by atoms with Gasteiger partial charge in [-0.15, -0.1) is 12.4 Å². The van der Waals surface area contributed by atoms with Crippen molar-refractivity contribution in [2.45, 2.75) is 38.5 Å². The lowest BCUT2D eigenvalue weighted by Crippen LogP contribution is -2.34. The van der Waals surface area contributed by atoms with Crippen molar-refractivity contribution in [2.75, 3.05) is 33.2 Å². The predicted octanol–water partition coefficient (Wildman–Crippen LogP) is 1.77. The van der Waals surface area contributed by atoms with E-state index in [0.717, 1.165) is 42.7 Å². The number of hydrogen-bond donors (Lipinski definition) is 2. The zero-order chi connectivity index (χ0) is 18.6. The van der Waals surface area contributed by atoms with Crippen LogP contribution in [0.3, 0.4) is 0 Å². The molecule has 0 bridgehead atoms. The summed E-state index contributed by atoms with van der Waals surface area (Å²) in [6, 6.07) is 3.72. The molecule has 6 nitrogen and oxygen atoms in total. The molecule has 2 rings (SSSR count). The summed E-state index contributed by atoms with van der Waals surface area (Å²) in [5.41, 5.74) is 2.49.